The van der Waals surface area contributed by atoms with Gasteiger partial charge in [-0.3, -0.25) is 4.79 Å². The SMILES string of the molecule is C#CC(CC)NC(=O)[C@H]1CCCN1. The van der Waals surface area contributed by atoms with Gasteiger partial charge >= 0.3 is 0 Å². The zero-order valence-electron chi connectivity index (χ0n) is 7.97. The van der Waals surface area contributed by atoms with Crippen molar-refractivity contribution in [3.8, 4) is 12.3 Å². The van der Waals surface area contributed by atoms with Crippen LogP contribution in [0, 0.1) is 12.3 Å². The first kappa shape index (κ1) is 10.1. The van der Waals surface area contributed by atoms with E-state index in [1.54, 1.807) is 0 Å². The first-order valence-electron chi connectivity index (χ1n) is 4.77. The molecular formula is C10H16N2O. The Bertz CT molecular complexity index is 213. The van der Waals surface area contributed by atoms with Crippen molar-refractivity contribution in [1.82, 2.24) is 10.6 Å². The first-order valence-corrected chi connectivity index (χ1v) is 4.77. The summed E-state index contributed by atoms with van der Waals surface area (Å²) in [4.78, 5) is 11.5. The quantitative estimate of drug-likeness (QED) is 0.612. The van der Waals surface area contributed by atoms with Crippen molar-refractivity contribution in [1.29, 1.82) is 0 Å². The van der Waals surface area contributed by atoms with E-state index < -0.39 is 0 Å². The Hall–Kier alpha value is -1.01. The van der Waals surface area contributed by atoms with Gasteiger partial charge < -0.3 is 10.6 Å². The zero-order chi connectivity index (χ0) is 9.68. The van der Waals surface area contributed by atoms with Crippen molar-refractivity contribution in [3.05, 3.63) is 0 Å². The monoisotopic (exact) mass is 180 g/mol. The molecular weight excluding hydrogens is 164 g/mol. The molecule has 3 heteroatoms. The van der Waals surface area contributed by atoms with E-state index in [0.717, 1.165) is 25.8 Å². The second-order valence-corrected chi connectivity index (χ2v) is 3.29. The van der Waals surface area contributed by atoms with Gasteiger partial charge in [-0.1, -0.05) is 12.8 Å². The average Bonchev–Trinajstić information content (AvgIpc) is 2.66. The fourth-order valence-electron chi connectivity index (χ4n) is 1.44. The molecule has 0 bridgehead atoms. The van der Waals surface area contributed by atoms with Crippen LogP contribution in [-0.4, -0.2) is 24.5 Å². The summed E-state index contributed by atoms with van der Waals surface area (Å²) in [7, 11) is 0. The third-order valence-electron chi connectivity index (χ3n) is 2.30. The van der Waals surface area contributed by atoms with Gasteiger partial charge in [0.25, 0.3) is 0 Å². The van der Waals surface area contributed by atoms with Crippen LogP contribution in [0.15, 0.2) is 0 Å². The molecule has 1 rings (SSSR count). The molecule has 1 unspecified atom stereocenters. The smallest absolute Gasteiger partial charge is 0.238 e. The number of amides is 1. The van der Waals surface area contributed by atoms with Gasteiger partial charge in [-0.05, 0) is 25.8 Å². The molecule has 1 amide bonds. The Labute approximate surface area is 79.3 Å². The van der Waals surface area contributed by atoms with Gasteiger partial charge in [0.15, 0.2) is 0 Å². The Balaban J connectivity index is 2.35. The van der Waals surface area contributed by atoms with Gasteiger partial charge in [-0.25, -0.2) is 0 Å². The second-order valence-electron chi connectivity index (χ2n) is 3.29. The van der Waals surface area contributed by atoms with Gasteiger partial charge in [0.2, 0.25) is 5.91 Å². The minimum atomic E-state index is -0.116. The van der Waals surface area contributed by atoms with Gasteiger partial charge in [0.1, 0.15) is 0 Å². The minimum absolute atomic E-state index is 0.0256. The van der Waals surface area contributed by atoms with E-state index in [9.17, 15) is 4.79 Å². The molecule has 0 aromatic heterocycles. The number of carbonyl (C=O) groups excluding carboxylic acids is 1. The molecule has 2 atom stereocenters. The third kappa shape index (κ3) is 2.74. The minimum Gasteiger partial charge on any atom is -0.341 e. The van der Waals surface area contributed by atoms with Crippen LogP contribution in [0.25, 0.3) is 0 Å². The molecule has 1 saturated heterocycles. The largest absolute Gasteiger partial charge is 0.341 e. The molecule has 3 nitrogen and oxygen atoms in total. The molecule has 0 saturated carbocycles. The molecule has 13 heavy (non-hydrogen) atoms. The van der Waals surface area contributed by atoms with Gasteiger partial charge in [-0.2, -0.15) is 0 Å². The maximum atomic E-state index is 11.5. The van der Waals surface area contributed by atoms with Crippen LogP contribution in [-0.2, 0) is 4.79 Å². The van der Waals surface area contributed by atoms with Crippen molar-refractivity contribution in [2.45, 2.75) is 38.3 Å². The highest BCUT2D eigenvalue weighted by Gasteiger charge is 2.22. The van der Waals surface area contributed by atoms with E-state index in [1.165, 1.54) is 0 Å². The van der Waals surface area contributed by atoms with Crippen molar-refractivity contribution in [3.63, 3.8) is 0 Å². The van der Waals surface area contributed by atoms with Crippen LogP contribution >= 0.6 is 0 Å². The normalized spacial score (nSPS) is 23.5. The van der Waals surface area contributed by atoms with E-state index >= 15 is 0 Å². The van der Waals surface area contributed by atoms with Crippen LogP contribution in [0.1, 0.15) is 26.2 Å². The predicted molar refractivity (Wildman–Crippen MR) is 52.1 cm³/mol. The summed E-state index contributed by atoms with van der Waals surface area (Å²) in [6, 6.07) is -0.141. The lowest BCUT2D eigenvalue weighted by Crippen LogP contribution is -2.44. The fraction of sp³-hybridized carbons (Fsp3) is 0.700. The molecule has 0 aromatic carbocycles. The van der Waals surface area contributed by atoms with E-state index in [1.807, 2.05) is 6.92 Å². The van der Waals surface area contributed by atoms with Crippen LogP contribution in [0.4, 0.5) is 0 Å². The maximum absolute atomic E-state index is 11.5. The highest BCUT2D eigenvalue weighted by atomic mass is 16.2. The number of rotatable bonds is 3. The molecule has 1 heterocycles. The van der Waals surface area contributed by atoms with Crippen LogP contribution in [0.5, 0.6) is 0 Å². The van der Waals surface area contributed by atoms with Crippen LogP contribution in [0.3, 0.4) is 0 Å². The predicted octanol–water partition coefficient (Wildman–Crippen LogP) is 0.266. The molecule has 0 aromatic rings. The fourth-order valence-corrected chi connectivity index (χ4v) is 1.44. The number of hydrogen-bond donors (Lipinski definition) is 2. The second kappa shape index (κ2) is 4.88. The summed E-state index contributed by atoms with van der Waals surface area (Å²) in [5, 5.41) is 5.95. The summed E-state index contributed by atoms with van der Waals surface area (Å²) in [5.41, 5.74) is 0. The highest BCUT2D eigenvalue weighted by molar-refractivity contribution is 5.82. The molecule has 0 radical (unpaired) electrons. The molecule has 0 spiro atoms. The summed E-state index contributed by atoms with van der Waals surface area (Å²) >= 11 is 0. The molecule has 1 aliphatic heterocycles. The van der Waals surface area contributed by atoms with Crippen LogP contribution in [0.2, 0.25) is 0 Å². The van der Waals surface area contributed by atoms with E-state index in [4.69, 9.17) is 6.42 Å². The maximum Gasteiger partial charge on any atom is 0.238 e. The Morgan fingerprint density at radius 2 is 2.62 bits per heavy atom. The standard InChI is InChI=1S/C10H16N2O/c1-3-8(4-2)12-10(13)9-6-5-7-11-9/h1,8-9,11H,4-7H2,2H3,(H,12,13)/t8?,9-/m1/s1. The van der Waals surface area contributed by atoms with Gasteiger partial charge in [0, 0.05) is 0 Å². The lowest BCUT2D eigenvalue weighted by atomic mass is 10.2. The summed E-state index contributed by atoms with van der Waals surface area (Å²) < 4.78 is 0. The molecule has 0 aliphatic carbocycles. The number of nitrogens with one attached hydrogen (secondary N) is 2. The number of hydrogen-bond acceptors (Lipinski definition) is 2. The summed E-state index contributed by atoms with van der Waals surface area (Å²) in [6.45, 7) is 2.90. The van der Waals surface area contributed by atoms with Crippen molar-refractivity contribution < 1.29 is 4.79 Å². The van der Waals surface area contributed by atoms with Crippen LogP contribution < -0.4 is 10.6 Å². The van der Waals surface area contributed by atoms with E-state index in [-0.39, 0.29) is 18.0 Å². The van der Waals surface area contributed by atoms with Crippen molar-refractivity contribution in [2.24, 2.45) is 0 Å². The topological polar surface area (TPSA) is 41.1 Å². The van der Waals surface area contributed by atoms with Gasteiger partial charge in [-0.15, -0.1) is 6.42 Å². The number of carbonyl (C=O) groups is 1. The summed E-state index contributed by atoms with van der Waals surface area (Å²) in [6.07, 6.45) is 8.03. The average molecular weight is 180 g/mol. The van der Waals surface area contributed by atoms with Gasteiger partial charge in [0.05, 0.1) is 12.1 Å². The van der Waals surface area contributed by atoms with Crippen molar-refractivity contribution in [2.75, 3.05) is 6.54 Å². The molecule has 2 N–H and O–H groups in total. The zero-order valence-corrected chi connectivity index (χ0v) is 7.97. The third-order valence-corrected chi connectivity index (χ3v) is 2.30. The van der Waals surface area contributed by atoms with Crippen molar-refractivity contribution >= 4 is 5.91 Å². The highest BCUT2D eigenvalue weighted by Crippen LogP contribution is 2.05. The Morgan fingerprint density at radius 1 is 1.85 bits per heavy atom. The first-order chi connectivity index (χ1) is 6.27. The molecule has 1 fully saturated rings. The Kier molecular flexibility index (Phi) is 3.78. The lowest BCUT2D eigenvalue weighted by Gasteiger charge is -2.14. The lowest BCUT2D eigenvalue weighted by molar-refractivity contribution is -0.123. The summed E-state index contributed by atoms with van der Waals surface area (Å²) in [5.74, 6) is 2.59. The number of terminal acetylenes is 1. The molecule has 1 aliphatic rings. The molecule has 72 valence electrons. The van der Waals surface area contributed by atoms with E-state index in [2.05, 4.69) is 16.6 Å². The van der Waals surface area contributed by atoms with E-state index in [0.29, 0.717) is 0 Å². The Morgan fingerprint density at radius 3 is 3.08 bits per heavy atom.